The quantitative estimate of drug-likeness (QED) is 0.859. The zero-order valence-corrected chi connectivity index (χ0v) is 13.6. The van der Waals surface area contributed by atoms with Crippen molar-refractivity contribution in [2.24, 2.45) is 0 Å². The van der Waals surface area contributed by atoms with Gasteiger partial charge in [0.2, 0.25) is 5.91 Å². The molecule has 2 aromatic rings. The van der Waals surface area contributed by atoms with E-state index in [1.54, 1.807) is 6.07 Å². The Morgan fingerprint density at radius 3 is 3.09 bits per heavy atom. The molecular weight excluding hydrogens is 302 g/mol. The number of carbonyl (C=O) groups is 1. The van der Waals surface area contributed by atoms with Gasteiger partial charge in [-0.3, -0.25) is 14.2 Å². The third kappa shape index (κ3) is 3.05. The molecule has 0 radical (unpaired) electrons. The molecule has 7 heteroatoms. The second kappa shape index (κ2) is 5.81. The van der Waals surface area contributed by atoms with Crippen molar-refractivity contribution in [2.45, 2.75) is 32.4 Å². The molecule has 0 aromatic carbocycles. The second-order valence-electron chi connectivity index (χ2n) is 6.06. The molecule has 0 spiro atoms. The average molecular weight is 321 g/mol. The first kappa shape index (κ1) is 15.2. The molecular formula is C15H19N3O3S. The monoisotopic (exact) mass is 321 g/mol. The standard InChI is InChI=1S/C15H19N3O3S/c1-15(2)9-17(6-7-21-15)12(19)3-5-18-10-16-13-11(14(18)20)4-8-22-13/h4,8,10H,3,5-7,9H2,1-2H3. The summed E-state index contributed by atoms with van der Waals surface area (Å²) >= 11 is 1.44. The lowest BCUT2D eigenvalue weighted by atomic mass is 10.1. The van der Waals surface area contributed by atoms with Gasteiger partial charge in [0.05, 0.1) is 23.9 Å². The van der Waals surface area contributed by atoms with E-state index in [1.807, 2.05) is 24.1 Å². The van der Waals surface area contributed by atoms with Crippen LogP contribution in [-0.2, 0) is 16.1 Å². The average Bonchev–Trinajstić information content (AvgIpc) is 2.94. The first-order valence-electron chi connectivity index (χ1n) is 7.31. The van der Waals surface area contributed by atoms with Crippen LogP contribution in [0.4, 0.5) is 0 Å². The van der Waals surface area contributed by atoms with Crippen LogP contribution in [0.5, 0.6) is 0 Å². The summed E-state index contributed by atoms with van der Waals surface area (Å²) < 4.78 is 7.12. The zero-order valence-electron chi connectivity index (χ0n) is 12.7. The highest BCUT2D eigenvalue weighted by Gasteiger charge is 2.29. The van der Waals surface area contributed by atoms with Gasteiger partial charge in [-0.1, -0.05) is 0 Å². The molecule has 3 heterocycles. The van der Waals surface area contributed by atoms with Gasteiger partial charge in [0.15, 0.2) is 0 Å². The summed E-state index contributed by atoms with van der Waals surface area (Å²) in [5.74, 6) is 0.0497. The van der Waals surface area contributed by atoms with Crippen molar-refractivity contribution in [3.8, 4) is 0 Å². The topological polar surface area (TPSA) is 64.4 Å². The van der Waals surface area contributed by atoms with E-state index < -0.39 is 0 Å². The van der Waals surface area contributed by atoms with E-state index in [2.05, 4.69) is 4.98 Å². The molecule has 0 atom stereocenters. The minimum Gasteiger partial charge on any atom is -0.372 e. The fraction of sp³-hybridized carbons (Fsp3) is 0.533. The van der Waals surface area contributed by atoms with Gasteiger partial charge in [0.1, 0.15) is 4.83 Å². The molecule has 1 aliphatic rings. The van der Waals surface area contributed by atoms with Crippen molar-refractivity contribution >= 4 is 27.5 Å². The number of hydrogen-bond acceptors (Lipinski definition) is 5. The summed E-state index contributed by atoms with van der Waals surface area (Å²) in [5, 5.41) is 2.47. The molecule has 1 saturated heterocycles. The predicted molar refractivity (Wildman–Crippen MR) is 85.1 cm³/mol. The summed E-state index contributed by atoms with van der Waals surface area (Å²) in [6.07, 6.45) is 1.82. The van der Waals surface area contributed by atoms with Gasteiger partial charge in [-0.25, -0.2) is 4.98 Å². The lowest BCUT2D eigenvalue weighted by molar-refractivity contribution is -0.146. The number of thiophene rings is 1. The lowest BCUT2D eigenvalue weighted by Gasteiger charge is -2.38. The van der Waals surface area contributed by atoms with Gasteiger partial charge in [-0.2, -0.15) is 0 Å². The normalized spacial score (nSPS) is 17.8. The van der Waals surface area contributed by atoms with Crippen molar-refractivity contribution < 1.29 is 9.53 Å². The lowest BCUT2D eigenvalue weighted by Crippen LogP contribution is -2.50. The molecule has 1 amide bonds. The summed E-state index contributed by atoms with van der Waals surface area (Å²) in [6.45, 7) is 6.06. The maximum atomic E-state index is 12.3. The van der Waals surface area contributed by atoms with Crippen molar-refractivity contribution in [1.29, 1.82) is 0 Å². The molecule has 0 aliphatic carbocycles. The molecule has 118 valence electrons. The third-order valence-corrected chi connectivity index (χ3v) is 4.62. The highest BCUT2D eigenvalue weighted by atomic mass is 32.1. The predicted octanol–water partition coefficient (Wildman–Crippen LogP) is 1.49. The van der Waals surface area contributed by atoms with Crippen LogP contribution in [0.2, 0.25) is 0 Å². The largest absolute Gasteiger partial charge is 0.372 e. The first-order chi connectivity index (χ1) is 10.5. The number of rotatable bonds is 3. The van der Waals surface area contributed by atoms with E-state index in [0.717, 1.165) is 4.83 Å². The third-order valence-electron chi connectivity index (χ3n) is 3.80. The Kier molecular flexibility index (Phi) is 4.01. The molecule has 6 nitrogen and oxygen atoms in total. The van der Waals surface area contributed by atoms with Crippen LogP contribution < -0.4 is 5.56 Å². The fourth-order valence-electron chi connectivity index (χ4n) is 2.66. The number of carbonyl (C=O) groups excluding carboxylic acids is 1. The number of morpholine rings is 1. The Morgan fingerprint density at radius 1 is 1.50 bits per heavy atom. The number of aryl methyl sites for hydroxylation is 1. The summed E-state index contributed by atoms with van der Waals surface area (Å²) in [6, 6.07) is 1.78. The Hall–Kier alpha value is -1.73. The van der Waals surface area contributed by atoms with E-state index >= 15 is 0 Å². The molecule has 3 rings (SSSR count). The van der Waals surface area contributed by atoms with Crippen LogP contribution in [0.25, 0.3) is 10.2 Å². The van der Waals surface area contributed by atoms with E-state index in [0.29, 0.717) is 38.0 Å². The van der Waals surface area contributed by atoms with Crippen LogP contribution in [0.3, 0.4) is 0 Å². The summed E-state index contributed by atoms with van der Waals surface area (Å²) in [4.78, 5) is 31.4. The van der Waals surface area contributed by atoms with Crippen LogP contribution in [0, 0.1) is 0 Å². The Bertz CT molecular complexity index is 750. The fourth-order valence-corrected chi connectivity index (χ4v) is 3.38. The van der Waals surface area contributed by atoms with Gasteiger partial charge in [0, 0.05) is 26.1 Å². The van der Waals surface area contributed by atoms with E-state index in [9.17, 15) is 9.59 Å². The highest BCUT2D eigenvalue weighted by Crippen LogP contribution is 2.17. The minimum atomic E-state index is -0.304. The first-order valence-corrected chi connectivity index (χ1v) is 8.19. The molecule has 0 saturated carbocycles. The van der Waals surface area contributed by atoms with Crippen LogP contribution >= 0.6 is 11.3 Å². The van der Waals surface area contributed by atoms with Gasteiger partial charge in [-0.15, -0.1) is 11.3 Å². The number of nitrogens with zero attached hydrogens (tertiary/aromatic N) is 3. The molecule has 0 unspecified atom stereocenters. The Morgan fingerprint density at radius 2 is 2.32 bits per heavy atom. The SMILES string of the molecule is CC1(C)CN(C(=O)CCn2cnc3sccc3c2=O)CCO1. The summed E-state index contributed by atoms with van der Waals surface area (Å²) in [7, 11) is 0. The van der Waals surface area contributed by atoms with E-state index in [4.69, 9.17) is 4.74 Å². The van der Waals surface area contributed by atoms with Crippen molar-refractivity contribution in [2.75, 3.05) is 19.7 Å². The Labute approximate surface area is 132 Å². The maximum absolute atomic E-state index is 12.3. The number of amides is 1. The zero-order chi connectivity index (χ0) is 15.7. The van der Waals surface area contributed by atoms with E-state index in [-0.39, 0.29) is 17.1 Å². The van der Waals surface area contributed by atoms with Gasteiger partial charge < -0.3 is 9.64 Å². The van der Waals surface area contributed by atoms with Gasteiger partial charge >= 0.3 is 0 Å². The molecule has 1 fully saturated rings. The molecule has 22 heavy (non-hydrogen) atoms. The number of hydrogen-bond donors (Lipinski definition) is 0. The molecule has 0 bridgehead atoms. The Balaban J connectivity index is 1.67. The van der Waals surface area contributed by atoms with Crippen LogP contribution in [0.1, 0.15) is 20.3 Å². The van der Waals surface area contributed by atoms with Crippen molar-refractivity contribution in [3.63, 3.8) is 0 Å². The summed E-state index contributed by atoms with van der Waals surface area (Å²) in [5.41, 5.74) is -0.386. The molecule has 0 N–H and O–H groups in total. The number of aromatic nitrogens is 2. The van der Waals surface area contributed by atoms with Crippen molar-refractivity contribution in [1.82, 2.24) is 14.5 Å². The minimum absolute atomic E-state index is 0.0497. The number of ether oxygens (including phenoxy) is 1. The highest BCUT2D eigenvalue weighted by molar-refractivity contribution is 7.16. The van der Waals surface area contributed by atoms with Gasteiger partial charge in [-0.05, 0) is 25.3 Å². The number of fused-ring (bicyclic) bond motifs is 1. The van der Waals surface area contributed by atoms with E-state index in [1.165, 1.54) is 22.2 Å². The molecule has 2 aromatic heterocycles. The molecule has 1 aliphatic heterocycles. The maximum Gasteiger partial charge on any atom is 0.262 e. The van der Waals surface area contributed by atoms with Crippen molar-refractivity contribution in [3.05, 3.63) is 28.1 Å². The smallest absolute Gasteiger partial charge is 0.262 e. The van der Waals surface area contributed by atoms with Gasteiger partial charge in [0.25, 0.3) is 5.56 Å². The second-order valence-corrected chi connectivity index (χ2v) is 6.95. The van der Waals surface area contributed by atoms with Crippen LogP contribution in [-0.4, -0.2) is 45.7 Å². The van der Waals surface area contributed by atoms with Crippen LogP contribution in [0.15, 0.2) is 22.6 Å².